The number of carbonyl (C=O) groups is 3. The number of nitrogens with one attached hydrogen (secondary N) is 1. The van der Waals surface area contributed by atoms with E-state index in [-0.39, 0.29) is 24.9 Å². The van der Waals surface area contributed by atoms with Crippen molar-refractivity contribution in [3.63, 3.8) is 0 Å². The molecule has 1 fully saturated rings. The van der Waals surface area contributed by atoms with Gasteiger partial charge in [0.25, 0.3) is 0 Å². The predicted octanol–water partition coefficient (Wildman–Crippen LogP) is 0.906. The van der Waals surface area contributed by atoms with Crippen LogP contribution in [-0.2, 0) is 20.9 Å². The number of anilines is 1. The van der Waals surface area contributed by atoms with E-state index in [9.17, 15) is 14.4 Å². The number of amides is 2. The van der Waals surface area contributed by atoms with Crippen LogP contribution in [0.25, 0.3) is 0 Å². The summed E-state index contributed by atoms with van der Waals surface area (Å²) in [6, 6.07) is 7.09. The number of rotatable bonds is 3. The molecule has 1 aromatic rings. The van der Waals surface area contributed by atoms with Crippen LogP contribution in [0.3, 0.4) is 0 Å². The molecule has 1 atom stereocenters. The van der Waals surface area contributed by atoms with Crippen LogP contribution in [0.15, 0.2) is 24.3 Å². The van der Waals surface area contributed by atoms with Crippen molar-refractivity contribution in [2.24, 2.45) is 0 Å². The van der Waals surface area contributed by atoms with Gasteiger partial charge >= 0.3 is 5.97 Å². The SMILES string of the molecule is O=C(O)CN1CCCCC(N2CC(=O)Nc3ccccc3C2)C1=O. The zero-order valence-corrected chi connectivity index (χ0v) is 13.4. The summed E-state index contributed by atoms with van der Waals surface area (Å²) in [5.41, 5.74) is 1.73. The van der Waals surface area contributed by atoms with Crippen molar-refractivity contribution in [3.05, 3.63) is 29.8 Å². The molecule has 3 rings (SSSR count). The molecule has 2 heterocycles. The van der Waals surface area contributed by atoms with Gasteiger partial charge < -0.3 is 15.3 Å². The van der Waals surface area contributed by atoms with Crippen LogP contribution >= 0.6 is 0 Å². The maximum absolute atomic E-state index is 12.8. The van der Waals surface area contributed by atoms with Crippen LogP contribution in [0.1, 0.15) is 24.8 Å². The zero-order valence-electron chi connectivity index (χ0n) is 13.4. The van der Waals surface area contributed by atoms with Gasteiger partial charge in [-0.25, -0.2) is 0 Å². The molecule has 0 radical (unpaired) electrons. The third-order valence-electron chi connectivity index (χ3n) is 4.53. The number of fused-ring (bicyclic) bond motifs is 1. The third-order valence-corrected chi connectivity index (χ3v) is 4.53. The summed E-state index contributed by atoms with van der Waals surface area (Å²) in [5, 5.41) is 11.9. The predicted molar refractivity (Wildman–Crippen MR) is 87.3 cm³/mol. The lowest BCUT2D eigenvalue weighted by molar-refractivity contribution is -0.147. The lowest BCUT2D eigenvalue weighted by Crippen LogP contribution is -2.49. The fourth-order valence-corrected chi connectivity index (χ4v) is 3.39. The molecular formula is C17H21N3O4. The Kier molecular flexibility index (Phi) is 4.80. The van der Waals surface area contributed by atoms with Gasteiger partial charge in [0.1, 0.15) is 6.54 Å². The Morgan fingerprint density at radius 2 is 2.00 bits per heavy atom. The Balaban J connectivity index is 1.84. The maximum Gasteiger partial charge on any atom is 0.323 e. The molecule has 1 saturated heterocycles. The van der Waals surface area contributed by atoms with E-state index < -0.39 is 12.0 Å². The molecule has 0 bridgehead atoms. The first-order chi connectivity index (χ1) is 11.5. The molecule has 7 nitrogen and oxygen atoms in total. The minimum Gasteiger partial charge on any atom is -0.480 e. The molecule has 2 amide bonds. The van der Waals surface area contributed by atoms with Gasteiger partial charge in [-0.1, -0.05) is 18.2 Å². The number of carbonyl (C=O) groups excluding carboxylic acids is 2. The monoisotopic (exact) mass is 331 g/mol. The van der Waals surface area contributed by atoms with E-state index in [4.69, 9.17) is 5.11 Å². The van der Waals surface area contributed by atoms with Gasteiger partial charge in [-0.3, -0.25) is 19.3 Å². The summed E-state index contributed by atoms with van der Waals surface area (Å²) in [4.78, 5) is 39.2. The van der Waals surface area contributed by atoms with Crippen LogP contribution in [0.2, 0.25) is 0 Å². The van der Waals surface area contributed by atoms with Gasteiger partial charge in [-0.15, -0.1) is 0 Å². The zero-order chi connectivity index (χ0) is 17.1. The molecule has 128 valence electrons. The van der Waals surface area contributed by atoms with Crippen molar-refractivity contribution < 1.29 is 19.5 Å². The summed E-state index contributed by atoms with van der Waals surface area (Å²) in [6.45, 7) is 0.794. The standard InChI is InChI=1S/C17H21N3O4/c21-15-10-20(9-12-5-1-2-6-13(12)18-15)14-7-3-4-8-19(17(14)24)11-16(22)23/h1-2,5-6,14H,3-4,7-11H2,(H,18,21)(H,22,23). The molecule has 0 aliphatic carbocycles. The van der Waals surface area contributed by atoms with Crippen molar-refractivity contribution >= 4 is 23.5 Å². The molecule has 0 saturated carbocycles. The molecule has 7 heteroatoms. The van der Waals surface area contributed by atoms with Gasteiger partial charge in [0.15, 0.2) is 0 Å². The fourth-order valence-electron chi connectivity index (χ4n) is 3.39. The Morgan fingerprint density at radius 1 is 1.21 bits per heavy atom. The number of nitrogens with zero attached hydrogens (tertiary/aromatic N) is 2. The molecule has 1 unspecified atom stereocenters. The molecule has 2 aliphatic rings. The van der Waals surface area contributed by atoms with E-state index in [2.05, 4.69) is 5.32 Å². The number of carboxylic acids is 1. The normalized spacial score (nSPS) is 22.3. The number of benzene rings is 1. The Hall–Kier alpha value is -2.41. The Morgan fingerprint density at radius 3 is 2.79 bits per heavy atom. The molecule has 0 aromatic heterocycles. The molecule has 0 spiro atoms. The number of likely N-dealkylation sites (tertiary alicyclic amines) is 1. The number of hydrogen-bond acceptors (Lipinski definition) is 4. The van der Waals surface area contributed by atoms with Crippen LogP contribution in [0, 0.1) is 0 Å². The summed E-state index contributed by atoms with van der Waals surface area (Å²) in [5.74, 6) is -1.35. The Labute approximate surface area is 140 Å². The van der Waals surface area contributed by atoms with E-state index in [0.717, 1.165) is 24.1 Å². The third kappa shape index (κ3) is 3.56. The lowest BCUT2D eigenvalue weighted by atomic mass is 10.1. The minimum absolute atomic E-state index is 0.131. The highest BCUT2D eigenvalue weighted by molar-refractivity contribution is 5.94. The molecular weight excluding hydrogens is 310 g/mol. The van der Waals surface area contributed by atoms with Crippen LogP contribution in [0.5, 0.6) is 0 Å². The van der Waals surface area contributed by atoms with Crippen molar-refractivity contribution in [1.82, 2.24) is 9.80 Å². The highest BCUT2D eigenvalue weighted by Gasteiger charge is 2.34. The van der Waals surface area contributed by atoms with E-state index in [1.807, 2.05) is 29.2 Å². The quantitative estimate of drug-likeness (QED) is 0.859. The van der Waals surface area contributed by atoms with Gasteiger partial charge in [-0.05, 0) is 30.9 Å². The van der Waals surface area contributed by atoms with Crippen molar-refractivity contribution in [1.29, 1.82) is 0 Å². The largest absolute Gasteiger partial charge is 0.480 e. The highest BCUT2D eigenvalue weighted by Crippen LogP contribution is 2.25. The number of hydrogen-bond donors (Lipinski definition) is 2. The topological polar surface area (TPSA) is 89.9 Å². The first-order valence-electron chi connectivity index (χ1n) is 8.17. The van der Waals surface area contributed by atoms with E-state index >= 15 is 0 Å². The van der Waals surface area contributed by atoms with Gasteiger partial charge in [0.2, 0.25) is 11.8 Å². The first-order valence-corrected chi connectivity index (χ1v) is 8.17. The second kappa shape index (κ2) is 7.00. The number of carboxylic acid groups (broad SMARTS) is 1. The van der Waals surface area contributed by atoms with Crippen molar-refractivity contribution in [2.45, 2.75) is 31.8 Å². The summed E-state index contributed by atoms with van der Waals surface area (Å²) < 4.78 is 0. The minimum atomic E-state index is -1.01. The van der Waals surface area contributed by atoms with E-state index in [1.165, 1.54) is 4.90 Å². The lowest BCUT2D eigenvalue weighted by Gasteiger charge is -2.30. The smallest absolute Gasteiger partial charge is 0.323 e. The van der Waals surface area contributed by atoms with Crippen LogP contribution < -0.4 is 5.32 Å². The summed E-state index contributed by atoms with van der Waals surface area (Å²) in [7, 11) is 0. The fraction of sp³-hybridized carbons (Fsp3) is 0.471. The molecule has 2 N–H and O–H groups in total. The van der Waals surface area contributed by atoms with Crippen LogP contribution in [-0.4, -0.2) is 58.4 Å². The van der Waals surface area contributed by atoms with Gasteiger partial charge in [0, 0.05) is 18.8 Å². The Bertz CT molecular complexity index is 661. The van der Waals surface area contributed by atoms with Crippen LogP contribution in [0.4, 0.5) is 5.69 Å². The first kappa shape index (κ1) is 16.4. The summed E-state index contributed by atoms with van der Waals surface area (Å²) in [6.07, 6.45) is 2.27. The maximum atomic E-state index is 12.8. The molecule has 2 aliphatic heterocycles. The second-order valence-corrected chi connectivity index (χ2v) is 6.28. The van der Waals surface area contributed by atoms with Crippen molar-refractivity contribution in [2.75, 3.05) is 25.0 Å². The van der Waals surface area contributed by atoms with Gasteiger partial charge in [0.05, 0.1) is 12.6 Å². The molecule has 24 heavy (non-hydrogen) atoms. The van der Waals surface area contributed by atoms with Crippen molar-refractivity contribution in [3.8, 4) is 0 Å². The summed E-state index contributed by atoms with van der Waals surface area (Å²) >= 11 is 0. The van der Waals surface area contributed by atoms with E-state index in [0.29, 0.717) is 19.5 Å². The number of para-hydroxylation sites is 1. The van der Waals surface area contributed by atoms with E-state index in [1.54, 1.807) is 0 Å². The molecule has 1 aromatic carbocycles. The average molecular weight is 331 g/mol. The second-order valence-electron chi connectivity index (χ2n) is 6.28. The average Bonchev–Trinajstić information content (AvgIpc) is 2.80. The highest BCUT2D eigenvalue weighted by atomic mass is 16.4. The van der Waals surface area contributed by atoms with Gasteiger partial charge in [-0.2, -0.15) is 0 Å². The number of aliphatic carboxylic acids is 1.